The van der Waals surface area contributed by atoms with Gasteiger partial charge in [-0.2, -0.15) is 0 Å². The van der Waals surface area contributed by atoms with E-state index < -0.39 is 0 Å². The van der Waals surface area contributed by atoms with E-state index >= 15 is 0 Å². The normalized spacial score (nSPS) is 10.3. The third-order valence-corrected chi connectivity index (χ3v) is 2.98. The Kier molecular flexibility index (Phi) is 6.97. The van der Waals surface area contributed by atoms with Gasteiger partial charge in [-0.25, -0.2) is 0 Å². The zero-order chi connectivity index (χ0) is 14.1. The van der Waals surface area contributed by atoms with E-state index in [-0.39, 0.29) is 5.91 Å². The molecule has 0 atom stereocenters. The minimum Gasteiger partial charge on any atom is -0.494 e. The molecule has 1 N–H and O–H groups in total. The second-order valence-corrected chi connectivity index (χ2v) is 4.50. The number of ether oxygens (including phenoxy) is 1. The summed E-state index contributed by atoms with van der Waals surface area (Å²) in [6.45, 7) is 4.21. The van der Waals surface area contributed by atoms with Crippen LogP contribution in [0.4, 0.5) is 0 Å². The Morgan fingerprint density at radius 2 is 2.00 bits per heavy atom. The number of carbonyl (C=O) groups excluding carboxylic acids is 1. The summed E-state index contributed by atoms with van der Waals surface area (Å²) in [6, 6.07) is 7.94. The van der Waals surface area contributed by atoms with Gasteiger partial charge in [-0.05, 0) is 38.1 Å². The van der Waals surface area contributed by atoms with E-state index in [0.29, 0.717) is 13.0 Å². The number of carbonyl (C=O) groups is 1. The van der Waals surface area contributed by atoms with Crippen LogP contribution in [0, 0.1) is 0 Å². The van der Waals surface area contributed by atoms with E-state index in [0.717, 1.165) is 25.3 Å². The van der Waals surface area contributed by atoms with Crippen molar-refractivity contribution in [3.63, 3.8) is 0 Å². The summed E-state index contributed by atoms with van der Waals surface area (Å²) in [6.07, 6.45) is 1.32. The highest BCUT2D eigenvalue weighted by atomic mass is 16.5. The van der Waals surface area contributed by atoms with Crippen molar-refractivity contribution in [2.24, 2.45) is 0 Å². The van der Waals surface area contributed by atoms with Crippen molar-refractivity contribution < 1.29 is 9.53 Å². The standard InChI is InChI=1S/C15H24N2O2/c1-4-19-14-8-5-13(6-9-14)7-10-15(18)17(3)12-11-16-2/h5-6,8-9,16H,4,7,10-12H2,1-3H3. The fourth-order valence-corrected chi connectivity index (χ4v) is 1.77. The topological polar surface area (TPSA) is 41.6 Å². The van der Waals surface area contributed by atoms with Crippen LogP contribution in [0.25, 0.3) is 0 Å². The number of rotatable bonds is 8. The van der Waals surface area contributed by atoms with Crippen molar-refractivity contribution in [3.8, 4) is 5.75 Å². The summed E-state index contributed by atoms with van der Waals surface area (Å²) >= 11 is 0. The summed E-state index contributed by atoms with van der Waals surface area (Å²) in [5.74, 6) is 1.06. The van der Waals surface area contributed by atoms with Gasteiger partial charge in [-0.3, -0.25) is 4.79 Å². The maximum Gasteiger partial charge on any atom is 0.222 e. The van der Waals surface area contributed by atoms with Crippen LogP contribution in [-0.4, -0.2) is 44.6 Å². The molecule has 1 aromatic carbocycles. The molecule has 0 radical (unpaired) electrons. The summed E-state index contributed by atoms with van der Waals surface area (Å²) in [4.78, 5) is 13.6. The summed E-state index contributed by atoms with van der Waals surface area (Å²) in [5.41, 5.74) is 1.17. The molecule has 0 aromatic heterocycles. The van der Waals surface area contributed by atoms with Crippen LogP contribution in [-0.2, 0) is 11.2 Å². The number of amides is 1. The highest BCUT2D eigenvalue weighted by Gasteiger charge is 2.08. The van der Waals surface area contributed by atoms with E-state index in [1.54, 1.807) is 4.90 Å². The van der Waals surface area contributed by atoms with Crippen molar-refractivity contribution in [1.29, 1.82) is 0 Å². The Balaban J connectivity index is 2.37. The van der Waals surface area contributed by atoms with Crippen molar-refractivity contribution in [2.75, 3.05) is 33.8 Å². The number of aryl methyl sites for hydroxylation is 1. The monoisotopic (exact) mass is 264 g/mol. The van der Waals surface area contributed by atoms with Crippen LogP contribution in [0.5, 0.6) is 5.75 Å². The van der Waals surface area contributed by atoms with E-state index in [4.69, 9.17) is 4.74 Å². The fraction of sp³-hybridized carbons (Fsp3) is 0.533. The van der Waals surface area contributed by atoms with Crippen molar-refractivity contribution in [1.82, 2.24) is 10.2 Å². The van der Waals surface area contributed by atoms with Gasteiger partial charge >= 0.3 is 0 Å². The van der Waals surface area contributed by atoms with Crippen molar-refractivity contribution in [2.45, 2.75) is 19.8 Å². The second kappa shape index (κ2) is 8.53. The Hall–Kier alpha value is -1.55. The first-order chi connectivity index (χ1) is 9.17. The predicted octanol–water partition coefficient (Wildman–Crippen LogP) is 1.70. The lowest BCUT2D eigenvalue weighted by molar-refractivity contribution is -0.129. The molecule has 0 aliphatic heterocycles. The van der Waals surface area contributed by atoms with Gasteiger partial charge in [0, 0.05) is 26.6 Å². The first kappa shape index (κ1) is 15.5. The molecular weight excluding hydrogens is 240 g/mol. The molecule has 4 nitrogen and oxygen atoms in total. The predicted molar refractivity (Wildman–Crippen MR) is 77.5 cm³/mol. The Bertz CT molecular complexity index is 376. The average Bonchev–Trinajstić information content (AvgIpc) is 2.44. The molecule has 0 bridgehead atoms. The Labute approximate surface area is 115 Å². The van der Waals surface area contributed by atoms with Gasteiger partial charge in [0.05, 0.1) is 6.61 Å². The van der Waals surface area contributed by atoms with Gasteiger partial charge in [0.25, 0.3) is 0 Å². The molecule has 0 unspecified atom stereocenters. The van der Waals surface area contributed by atoms with Crippen LogP contribution in [0.3, 0.4) is 0 Å². The zero-order valence-corrected chi connectivity index (χ0v) is 12.1. The van der Waals surface area contributed by atoms with Crippen LogP contribution in [0.1, 0.15) is 18.9 Å². The third-order valence-electron chi connectivity index (χ3n) is 2.98. The molecule has 0 fully saturated rings. The van der Waals surface area contributed by atoms with Gasteiger partial charge in [0.15, 0.2) is 0 Å². The highest BCUT2D eigenvalue weighted by Crippen LogP contribution is 2.13. The number of nitrogens with zero attached hydrogens (tertiary/aromatic N) is 1. The third kappa shape index (κ3) is 5.75. The molecule has 1 aromatic rings. The van der Waals surface area contributed by atoms with Gasteiger partial charge in [-0.1, -0.05) is 12.1 Å². The van der Waals surface area contributed by atoms with Crippen LogP contribution in [0.2, 0.25) is 0 Å². The summed E-state index contributed by atoms with van der Waals surface area (Å²) < 4.78 is 5.39. The smallest absolute Gasteiger partial charge is 0.222 e. The fourth-order valence-electron chi connectivity index (χ4n) is 1.77. The molecular formula is C15H24N2O2. The van der Waals surface area contributed by atoms with E-state index in [9.17, 15) is 4.79 Å². The van der Waals surface area contributed by atoms with Crippen LogP contribution in [0.15, 0.2) is 24.3 Å². The van der Waals surface area contributed by atoms with E-state index in [1.165, 1.54) is 5.56 Å². The first-order valence-corrected chi connectivity index (χ1v) is 6.77. The largest absolute Gasteiger partial charge is 0.494 e. The molecule has 0 aliphatic carbocycles. The molecule has 0 aliphatic rings. The lowest BCUT2D eigenvalue weighted by Crippen LogP contribution is -2.32. The van der Waals surface area contributed by atoms with Crippen molar-refractivity contribution >= 4 is 5.91 Å². The van der Waals surface area contributed by atoms with Crippen LogP contribution >= 0.6 is 0 Å². The Morgan fingerprint density at radius 1 is 1.32 bits per heavy atom. The minimum atomic E-state index is 0.184. The van der Waals surface area contributed by atoms with Gasteiger partial charge < -0.3 is 15.0 Å². The zero-order valence-electron chi connectivity index (χ0n) is 12.1. The average molecular weight is 264 g/mol. The van der Waals surface area contributed by atoms with E-state index in [1.807, 2.05) is 45.3 Å². The first-order valence-electron chi connectivity index (χ1n) is 6.77. The molecule has 0 heterocycles. The second-order valence-electron chi connectivity index (χ2n) is 4.50. The number of hydrogen-bond donors (Lipinski definition) is 1. The van der Waals surface area contributed by atoms with Crippen LogP contribution < -0.4 is 10.1 Å². The lowest BCUT2D eigenvalue weighted by atomic mass is 10.1. The quantitative estimate of drug-likeness (QED) is 0.777. The van der Waals surface area contributed by atoms with Gasteiger partial charge in [0.1, 0.15) is 5.75 Å². The SMILES string of the molecule is CCOc1ccc(CCC(=O)N(C)CCNC)cc1. The molecule has 1 amide bonds. The number of likely N-dealkylation sites (N-methyl/N-ethyl adjacent to an activating group) is 2. The molecule has 4 heteroatoms. The number of hydrogen-bond acceptors (Lipinski definition) is 3. The molecule has 0 spiro atoms. The van der Waals surface area contributed by atoms with Crippen molar-refractivity contribution in [3.05, 3.63) is 29.8 Å². The highest BCUT2D eigenvalue weighted by molar-refractivity contribution is 5.76. The molecule has 19 heavy (non-hydrogen) atoms. The lowest BCUT2D eigenvalue weighted by Gasteiger charge is -2.16. The maximum absolute atomic E-state index is 11.9. The van der Waals surface area contributed by atoms with Gasteiger partial charge in [-0.15, -0.1) is 0 Å². The number of benzene rings is 1. The number of nitrogens with one attached hydrogen (secondary N) is 1. The maximum atomic E-state index is 11.9. The minimum absolute atomic E-state index is 0.184. The Morgan fingerprint density at radius 3 is 2.58 bits per heavy atom. The van der Waals surface area contributed by atoms with Gasteiger partial charge in [0.2, 0.25) is 5.91 Å². The molecule has 106 valence electrons. The molecule has 0 saturated carbocycles. The summed E-state index contributed by atoms with van der Waals surface area (Å²) in [7, 11) is 3.73. The molecule has 0 saturated heterocycles. The summed E-state index contributed by atoms with van der Waals surface area (Å²) in [5, 5.41) is 3.04. The van der Waals surface area contributed by atoms with E-state index in [2.05, 4.69) is 5.32 Å². The molecule has 1 rings (SSSR count).